The smallest absolute Gasteiger partial charge is 0.294 e. The number of aromatic nitrogens is 3. The van der Waals surface area contributed by atoms with Gasteiger partial charge in [-0.05, 0) is 40.2 Å². The molecule has 0 saturated heterocycles. The Labute approximate surface area is 205 Å². The molecule has 0 amide bonds. The molecule has 0 radical (unpaired) electrons. The van der Waals surface area contributed by atoms with Crippen LogP contribution in [0.15, 0.2) is 83.4 Å². The Morgan fingerprint density at radius 2 is 1.77 bits per heavy atom. The monoisotopic (exact) mass is 483 g/mol. The number of fused-ring (bicyclic) bond motifs is 2. The molecule has 35 heavy (non-hydrogen) atoms. The van der Waals surface area contributed by atoms with Crippen LogP contribution in [0.4, 0.5) is 0 Å². The fourth-order valence-electron chi connectivity index (χ4n) is 3.96. The largest absolute Gasteiger partial charge is 0.496 e. The number of benzene rings is 3. The number of imidazole rings is 1. The average Bonchev–Trinajstić information content (AvgIpc) is 3.60. The van der Waals surface area contributed by atoms with Crippen molar-refractivity contribution in [3.05, 3.63) is 84.6 Å². The van der Waals surface area contributed by atoms with Crippen LogP contribution in [-0.2, 0) is 6.61 Å². The minimum Gasteiger partial charge on any atom is -0.496 e. The van der Waals surface area contributed by atoms with Crippen LogP contribution in [0.5, 0.6) is 16.7 Å². The quantitative estimate of drug-likeness (QED) is 0.259. The molecule has 3 heterocycles. The highest BCUT2D eigenvalue weighted by Crippen LogP contribution is 2.37. The van der Waals surface area contributed by atoms with Gasteiger partial charge in [0.2, 0.25) is 4.96 Å². The molecule has 0 aliphatic carbocycles. The Bertz CT molecular complexity index is 1600. The van der Waals surface area contributed by atoms with Crippen LogP contribution >= 0.6 is 11.3 Å². The average molecular weight is 484 g/mol. The van der Waals surface area contributed by atoms with Gasteiger partial charge in [-0.2, -0.15) is 0 Å². The molecule has 0 aliphatic rings. The molecular formula is C27H21N3O4S. The normalized spacial score (nSPS) is 11.3. The van der Waals surface area contributed by atoms with Crippen LogP contribution in [0.3, 0.4) is 0 Å². The highest BCUT2D eigenvalue weighted by Gasteiger charge is 2.17. The maximum absolute atomic E-state index is 6.27. The molecule has 0 N–H and O–H groups in total. The second kappa shape index (κ2) is 8.81. The predicted molar refractivity (Wildman–Crippen MR) is 135 cm³/mol. The molecule has 6 rings (SSSR count). The maximum Gasteiger partial charge on any atom is 0.294 e. The summed E-state index contributed by atoms with van der Waals surface area (Å²) in [6.45, 7) is 0.410. The van der Waals surface area contributed by atoms with Crippen molar-refractivity contribution in [2.75, 3.05) is 14.2 Å². The zero-order chi connectivity index (χ0) is 23.8. The number of nitrogens with zero attached hydrogens (tertiary/aromatic N) is 3. The molecule has 0 fully saturated rings. The van der Waals surface area contributed by atoms with Gasteiger partial charge in [0.05, 0.1) is 25.8 Å². The van der Waals surface area contributed by atoms with Crippen molar-refractivity contribution in [3.8, 4) is 39.3 Å². The third-order valence-corrected chi connectivity index (χ3v) is 6.57. The van der Waals surface area contributed by atoms with Gasteiger partial charge in [0.1, 0.15) is 29.4 Å². The van der Waals surface area contributed by atoms with E-state index in [1.807, 2.05) is 48.7 Å². The molecule has 0 spiro atoms. The summed E-state index contributed by atoms with van der Waals surface area (Å²) in [5.41, 5.74) is 4.74. The molecule has 7 nitrogen and oxygen atoms in total. The Hall–Kier alpha value is -4.30. The van der Waals surface area contributed by atoms with Crippen LogP contribution in [-0.4, -0.2) is 28.8 Å². The molecule has 8 heteroatoms. The Balaban J connectivity index is 1.31. The first-order chi connectivity index (χ1) is 17.2. The molecule has 0 atom stereocenters. The molecule has 0 unspecified atom stereocenters. The van der Waals surface area contributed by atoms with Crippen molar-refractivity contribution in [3.63, 3.8) is 0 Å². The van der Waals surface area contributed by atoms with Crippen LogP contribution in [0.2, 0.25) is 0 Å². The van der Waals surface area contributed by atoms with Crippen LogP contribution < -0.4 is 14.2 Å². The van der Waals surface area contributed by atoms with Crippen molar-refractivity contribution in [1.82, 2.24) is 14.6 Å². The molecule has 0 aliphatic heterocycles. The summed E-state index contributed by atoms with van der Waals surface area (Å²) in [7, 11) is 3.21. The lowest BCUT2D eigenvalue weighted by Crippen LogP contribution is -1.96. The van der Waals surface area contributed by atoms with Gasteiger partial charge in [0.25, 0.3) is 5.19 Å². The summed E-state index contributed by atoms with van der Waals surface area (Å²) in [5, 5.41) is 5.74. The van der Waals surface area contributed by atoms with Crippen molar-refractivity contribution in [1.29, 1.82) is 0 Å². The summed E-state index contributed by atoms with van der Waals surface area (Å²) >= 11 is 1.37. The third-order valence-electron chi connectivity index (χ3n) is 5.69. The van der Waals surface area contributed by atoms with Gasteiger partial charge in [-0.3, -0.25) is 0 Å². The van der Waals surface area contributed by atoms with Gasteiger partial charge in [-0.25, -0.2) is 9.50 Å². The van der Waals surface area contributed by atoms with Crippen LogP contribution in [0.25, 0.3) is 38.5 Å². The second-order valence-electron chi connectivity index (χ2n) is 7.93. The molecular weight excluding hydrogens is 462 g/mol. The van der Waals surface area contributed by atoms with Gasteiger partial charge in [0, 0.05) is 12.1 Å². The van der Waals surface area contributed by atoms with Gasteiger partial charge in [-0.1, -0.05) is 48.5 Å². The molecule has 0 saturated carbocycles. The van der Waals surface area contributed by atoms with Gasteiger partial charge < -0.3 is 18.6 Å². The van der Waals surface area contributed by atoms with Crippen molar-refractivity contribution >= 4 is 27.3 Å². The Morgan fingerprint density at radius 1 is 0.914 bits per heavy atom. The van der Waals surface area contributed by atoms with Crippen molar-refractivity contribution in [2.45, 2.75) is 6.61 Å². The number of rotatable bonds is 7. The lowest BCUT2D eigenvalue weighted by atomic mass is 10.0. The Morgan fingerprint density at radius 3 is 2.57 bits per heavy atom. The van der Waals surface area contributed by atoms with Gasteiger partial charge >= 0.3 is 0 Å². The highest BCUT2D eigenvalue weighted by molar-refractivity contribution is 7.18. The lowest BCUT2D eigenvalue weighted by Gasteiger charge is -2.10. The van der Waals surface area contributed by atoms with Crippen molar-refractivity contribution in [2.24, 2.45) is 0 Å². The van der Waals surface area contributed by atoms with E-state index >= 15 is 0 Å². The molecule has 174 valence electrons. The van der Waals surface area contributed by atoms with Gasteiger partial charge in [0.15, 0.2) is 5.76 Å². The van der Waals surface area contributed by atoms with Crippen LogP contribution in [0, 0.1) is 0 Å². The minimum atomic E-state index is 0.410. The molecule has 6 aromatic rings. The van der Waals surface area contributed by atoms with E-state index in [9.17, 15) is 0 Å². The van der Waals surface area contributed by atoms with E-state index in [2.05, 4.69) is 40.4 Å². The van der Waals surface area contributed by atoms with E-state index in [0.29, 0.717) is 40.3 Å². The highest BCUT2D eigenvalue weighted by atomic mass is 32.1. The van der Waals surface area contributed by atoms with E-state index in [4.69, 9.17) is 18.6 Å². The predicted octanol–water partition coefficient (Wildman–Crippen LogP) is 6.47. The fourth-order valence-corrected chi connectivity index (χ4v) is 4.66. The van der Waals surface area contributed by atoms with Crippen LogP contribution in [0.1, 0.15) is 5.56 Å². The number of methoxy groups -OCH3 is 2. The zero-order valence-corrected chi connectivity index (χ0v) is 19.9. The van der Waals surface area contributed by atoms with E-state index < -0.39 is 0 Å². The summed E-state index contributed by atoms with van der Waals surface area (Å²) < 4.78 is 24.8. The third kappa shape index (κ3) is 4.08. The minimum absolute atomic E-state index is 0.410. The van der Waals surface area contributed by atoms with E-state index in [1.165, 1.54) is 16.9 Å². The number of hydrogen-bond donors (Lipinski definition) is 0. The first-order valence-electron chi connectivity index (χ1n) is 11.0. The first kappa shape index (κ1) is 21.2. The maximum atomic E-state index is 6.27. The summed E-state index contributed by atoms with van der Waals surface area (Å²) in [6.07, 6.45) is 1.82. The molecule has 3 aromatic carbocycles. The van der Waals surface area contributed by atoms with E-state index in [0.717, 1.165) is 21.5 Å². The van der Waals surface area contributed by atoms with E-state index in [-0.39, 0.29) is 0 Å². The first-order valence-corrected chi connectivity index (χ1v) is 11.8. The molecule has 0 bridgehead atoms. The molecule has 3 aromatic heterocycles. The van der Waals surface area contributed by atoms with Gasteiger partial charge in [-0.15, -0.1) is 5.10 Å². The van der Waals surface area contributed by atoms with Crippen molar-refractivity contribution < 1.29 is 18.6 Å². The Kier molecular flexibility index (Phi) is 5.35. The summed E-state index contributed by atoms with van der Waals surface area (Å²) in [4.78, 5) is 5.35. The zero-order valence-electron chi connectivity index (χ0n) is 19.1. The number of ether oxygens (including phenoxy) is 3. The lowest BCUT2D eigenvalue weighted by molar-refractivity contribution is 0.307. The standard InChI is InChI=1S/C27H21N3O4S/c1-31-20-12-23(33-16-17-7-6-10-19(11-17)18-8-4-3-5-9-18)21-14-25(34-24(21)13-20)22-15-30-26(28-22)35-27(29-30)32-2/h3-15H,16H2,1-2H3. The number of furan rings is 1. The topological polar surface area (TPSA) is 71.0 Å². The fraction of sp³-hybridized carbons (Fsp3) is 0.111. The second-order valence-corrected chi connectivity index (χ2v) is 8.85. The summed E-state index contributed by atoms with van der Waals surface area (Å²) in [5.74, 6) is 1.96. The van der Waals surface area contributed by atoms with E-state index in [1.54, 1.807) is 18.7 Å². The number of hydrogen-bond acceptors (Lipinski definition) is 7. The summed E-state index contributed by atoms with van der Waals surface area (Å²) in [6, 6.07) is 24.3. The SMILES string of the molecule is COc1cc(OCc2cccc(-c3ccccc3)c2)c2cc(-c3cn4nc(OC)sc4n3)oc2c1.